The summed E-state index contributed by atoms with van der Waals surface area (Å²) in [6.45, 7) is 8.52. The third-order valence-corrected chi connectivity index (χ3v) is 5.41. The van der Waals surface area contributed by atoms with E-state index in [1.807, 2.05) is 25.6 Å². The van der Waals surface area contributed by atoms with Crippen molar-refractivity contribution < 1.29 is 14.7 Å². The van der Waals surface area contributed by atoms with Gasteiger partial charge in [0.15, 0.2) is 0 Å². The minimum absolute atomic E-state index is 0.152. The monoisotopic (exact) mass is 288 g/mol. The third-order valence-electron chi connectivity index (χ3n) is 4.07. The number of carboxylic acid groups (broad SMARTS) is 1. The molecule has 0 aromatic heterocycles. The van der Waals surface area contributed by atoms with Crippen molar-refractivity contribution >= 4 is 23.8 Å². The van der Waals surface area contributed by atoms with Gasteiger partial charge in [-0.3, -0.25) is 4.79 Å². The van der Waals surface area contributed by atoms with Crippen LogP contribution in [0, 0.1) is 5.41 Å². The molecule has 1 aliphatic heterocycles. The largest absolute Gasteiger partial charge is 0.481 e. The quantitative estimate of drug-likeness (QED) is 0.830. The Bertz CT molecular complexity index is 351. The molecule has 6 heteroatoms. The topological polar surface area (TPSA) is 69.6 Å². The molecule has 0 aliphatic carbocycles. The van der Waals surface area contributed by atoms with Crippen LogP contribution in [0.3, 0.4) is 0 Å². The molecule has 0 bridgehead atoms. The van der Waals surface area contributed by atoms with E-state index in [0.29, 0.717) is 11.7 Å². The Kier molecular flexibility index (Phi) is 5.52. The lowest BCUT2D eigenvalue weighted by molar-refractivity contribution is -0.147. The third kappa shape index (κ3) is 3.78. The number of hydrogen-bond acceptors (Lipinski definition) is 3. The Morgan fingerprint density at radius 3 is 2.63 bits per heavy atom. The average molecular weight is 288 g/mol. The van der Waals surface area contributed by atoms with Crippen molar-refractivity contribution in [3.8, 4) is 0 Å². The molecular formula is C13H24N2O3S. The Labute approximate surface area is 119 Å². The lowest BCUT2D eigenvalue weighted by Crippen LogP contribution is -2.53. The van der Waals surface area contributed by atoms with E-state index in [2.05, 4.69) is 12.2 Å². The SMILES string of the molecule is CCC(C)(CNC(=O)N1CCSC(C)C1C)C(=O)O. The predicted octanol–water partition coefficient (Wildman–Crippen LogP) is 2.02. The Morgan fingerprint density at radius 2 is 2.11 bits per heavy atom. The van der Waals surface area contributed by atoms with Crippen LogP contribution in [0.2, 0.25) is 0 Å². The molecular weight excluding hydrogens is 264 g/mol. The van der Waals surface area contributed by atoms with Gasteiger partial charge in [-0.25, -0.2) is 4.79 Å². The van der Waals surface area contributed by atoms with Crippen molar-refractivity contribution in [2.45, 2.75) is 45.4 Å². The van der Waals surface area contributed by atoms with E-state index in [1.165, 1.54) is 0 Å². The summed E-state index contributed by atoms with van der Waals surface area (Å²) in [5, 5.41) is 12.4. The van der Waals surface area contributed by atoms with Crippen molar-refractivity contribution in [3.63, 3.8) is 0 Å². The second-order valence-electron chi connectivity index (χ2n) is 5.39. The predicted molar refractivity (Wildman–Crippen MR) is 77.5 cm³/mol. The highest BCUT2D eigenvalue weighted by atomic mass is 32.2. The second kappa shape index (κ2) is 6.50. The van der Waals surface area contributed by atoms with Gasteiger partial charge in [0.1, 0.15) is 0 Å². The molecule has 1 heterocycles. The Morgan fingerprint density at radius 1 is 1.47 bits per heavy atom. The number of urea groups is 1. The molecule has 1 rings (SSSR count). The number of carboxylic acids is 1. The van der Waals surface area contributed by atoms with Crippen molar-refractivity contribution in [1.29, 1.82) is 0 Å². The first kappa shape index (κ1) is 16.1. The maximum absolute atomic E-state index is 12.2. The van der Waals surface area contributed by atoms with E-state index < -0.39 is 11.4 Å². The highest BCUT2D eigenvalue weighted by molar-refractivity contribution is 8.00. The van der Waals surface area contributed by atoms with Crippen LogP contribution in [0.4, 0.5) is 4.79 Å². The highest BCUT2D eigenvalue weighted by Crippen LogP contribution is 2.25. The molecule has 0 radical (unpaired) electrons. The molecule has 2 amide bonds. The van der Waals surface area contributed by atoms with Gasteiger partial charge in [-0.15, -0.1) is 0 Å². The fraction of sp³-hybridized carbons (Fsp3) is 0.846. The molecule has 1 saturated heterocycles. The first-order valence-electron chi connectivity index (χ1n) is 6.71. The van der Waals surface area contributed by atoms with E-state index in [1.54, 1.807) is 11.8 Å². The fourth-order valence-electron chi connectivity index (χ4n) is 1.94. The number of carbonyl (C=O) groups is 2. The molecule has 0 aromatic carbocycles. The molecule has 0 spiro atoms. The summed E-state index contributed by atoms with van der Waals surface area (Å²) >= 11 is 1.86. The summed E-state index contributed by atoms with van der Waals surface area (Å²) in [6.07, 6.45) is 0.490. The minimum atomic E-state index is -0.894. The van der Waals surface area contributed by atoms with E-state index in [0.717, 1.165) is 12.3 Å². The second-order valence-corrected chi connectivity index (χ2v) is 6.87. The zero-order chi connectivity index (χ0) is 14.6. The number of hydrogen-bond donors (Lipinski definition) is 2. The highest BCUT2D eigenvalue weighted by Gasteiger charge is 2.34. The normalized spacial score (nSPS) is 26.6. The van der Waals surface area contributed by atoms with E-state index >= 15 is 0 Å². The van der Waals surface area contributed by atoms with E-state index in [9.17, 15) is 14.7 Å². The number of nitrogens with one attached hydrogen (secondary N) is 1. The summed E-state index contributed by atoms with van der Waals surface area (Å²) in [7, 11) is 0. The van der Waals surface area contributed by atoms with Crippen LogP contribution in [-0.4, -0.2) is 52.1 Å². The molecule has 5 nitrogen and oxygen atoms in total. The van der Waals surface area contributed by atoms with Gasteiger partial charge < -0.3 is 15.3 Å². The lowest BCUT2D eigenvalue weighted by atomic mass is 9.88. The van der Waals surface area contributed by atoms with Crippen LogP contribution >= 0.6 is 11.8 Å². The number of nitrogens with zero attached hydrogens (tertiary/aromatic N) is 1. The van der Waals surface area contributed by atoms with Gasteiger partial charge in [-0.1, -0.05) is 13.8 Å². The molecule has 3 unspecified atom stereocenters. The molecule has 19 heavy (non-hydrogen) atoms. The molecule has 110 valence electrons. The number of thioether (sulfide) groups is 1. The number of rotatable bonds is 4. The van der Waals surface area contributed by atoms with Crippen molar-refractivity contribution in [2.24, 2.45) is 5.41 Å². The van der Waals surface area contributed by atoms with Crippen LogP contribution in [0.1, 0.15) is 34.1 Å². The van der Waals surface area contributed by atoms with Gasteiger partial charge >= 0.3 is 12.0 Å². The van der Waals surface area contributed by atoms with E-state index in [4.69, 9.17) is 0 Å². The van der Waals surface area contributed by atoms with Crippen molar-refractivity contribution in [1.82, 2.24) is 10.2 Å². The first-order chi connectivity index (χ1) is 8.81. The van der Waals surface area contributed by atoms with Crippen LogP contribution in [-0.2, 0) is 4.79 Å². The van der Waals surface area contributed by atoms with Crippen LogP contribution < -0.4 is 5.32 Å². The number of carbonyl (C=O) groups excluding carboxylic acids is 1. The van der Waals surface area contributed by atoms with Gasteiger partial charge in [0.2, 0.25) is 0 Å². The smallest absolute Gasteiger partial charge is 0.317 e. The number of amides is 2. The maximum Gasteiger partial charge on any atom is 0.317 e. The Hall–Kier alpha value is -0.910. The van der Waals surface area contributed by atoms with Gasteiger partial charge in [-0.2, -0.15) is 11.8 Å². The molecule has 1 fully saturated rings. The van der Waals surface area contributed by atoms with Crippen molar-refractivity contribution in [3.05, 3.63) is 0 Å². The molecule has 0 saturated carbocycles. The molecule has 3 atom stereocenters. The average Bonchev–Trinajstić information content (AvgIpc) is 2.38. The van der Waals surface area contributed by atoms with Crippen LogP contribution in [0.15, 0.2) is 0 Å². The zero-order valence-corrected chi connectivity index (χ0v) is 12.9. The summed E-state index contributed by atoms with van der Waals surface area (Å²) in [6, 6.07) is 0.0250. The van der Waals surface area contributed by atoms with Crippen molar-refractivity contribution in [2.75, 3.05) is 18.8 Å². The fourth-order valence-corrected chi connectivity index (χ4v) is 3.04. The number of aliphatic carboxylic acids is 1. The van der Waals surface area contributed by atoms with Gasteiger partial charge in [-0.05, 0) is 20.3 Å². The summed E-state index contributed by atoms with van der Waals surface area (Å²) in [4.78, 5) is 25.1. The molecule has 0 aromatic rings. The van der Waals surface area contributed by atoms with Crippen LogP contribution in [0.5, 0.6) is 0 Å². The van der Waals surface area contributed by atoms with Gasteiger partial charge in [0.05, 0.1) is 5.41 Å². The lowest BCUT2D eigenvalue weighted by Gasteiger charge is -2.38. The van der Waals surface area contributed by atoms with Gasteiger partial charge in [0.25, 0.3) is 0 Å². The standard InChI is InChI=1S/C13H24N2O3S/c1-5-13(4,11(16)17)8-14-12(18)15-6-7-19-10(3)9(15)2/h9-10H,5-8H2,1-4H3,(H,14,18)(H,16,17). The summed E-state index contributed by atoms with van der Waals surface area (Å²) in [5.74, 6) is 0.0639. The zero-order valence-electron chi connectivity index (χ0n) is 12.1. The Balaban J connectivity index is 2.57. The van der Waals surface area contributed by atoms with Gasteiger partial charge in [0, 0.05) is 30.1 Å². The van der Waals surface area contributed by atoms with Crippen LogP contribution in [0.25, 0.3) is 0 Å². The summed E-state index contributed by atoms with van der Waals surface area (Å²) < 4.78 is 0. The first-order valence-corrected chi connectivity index (χ1v) is 7.76. The molecule has 2 N–H and O–H groups in total. The summed E-state index contributed by atoms with van der Waals surface area (Å²) in [5.41, 5.74) is -0.894. The maximum atomic E-state index is 12.2. The van der Waals surface area contributed by atoms with E-state index in [-0.39, 0.29) is 18.6 Å². The molecule has 1 aliphatic rings. The minimum Gasteiger partial charge on any atom is -0.481 e.